The van der Waals surface area contributed by atoms with E-state index in [9.17, 15) is 4.39 Å². The van der Waals surface area contributed by atoms with Gasteiger partial charge in [-0.05, 0) is 55.3 Å². The zero-order valence-corrected chi connectivity index (χ0v) is 16.7. The second-order valence-corrected chi connectivity index (χ2v) is 7.28. The second-order valence-electron chi connectivity index (χ2n) is 6.87. The highest BCUT2D eigenvalue weighted by Gasteiger charge is 2.24. The van der Waals surface area contributed by atoms with Crippen LogP contribution in [0.5, 0.6) is 0 Å². The summed E-state index contributed by atoms with van der Waals surface area (Å²) in [5.74, 6) is 0.351. The molecule has 0 spiro atoms. The topological polar surface area (TPSA) is 51.0 Å². The van der Waals surface area contributed by atoms with Crippen molar-refractivity contribution in [3.63, 3.8) is 0 Å². The number of halogens is 2. The van der Waals surface area contributed by atoms with Crippen molar-refractivity contribution >= 4 is 17.3 Å². The summed E-state index contributed by atoms with van der Waals surface area (Å²) in [7, 11) is 0. The summed E-state index contributed by atoms with van der Waals surface area (Å²) in [4.78, 5) is 0. The smallest absolute Gasteiger partial charge is 0.247 e. The van der Waals surface area contributed by atoms with Gasteiger partial charge >= 0.3 is 0 Å². The fourth-order valence-electron chi connectivity index (χ4n) is 3.10. The van der Waals surface area contributed by atoms with Crippen molar-refractivity contribution in [2.24, 2.45) is 0 Å². The minimum atomic E-state index is -0.534. The van der Waals surface area contributed by atoms with Gasteiger partial charge in [-0.1, -0.05) is 48.0 Å². The SMILES string of the molecule is Cc1ccc(C)c(N[C@H](c2nnc(-c3ccccc3)o2)c2ccc(F)cc2Cl)c1. The van der Waals surface area contributed by atoms with Crippen LogP contribution >= 0.6 is 11.6 Å². The molecule has 6 heteroatoms. The van der Waals surface area contributed by atoms with E-state index in [2.05, 4.69) is 15.5 Å². The molecule has 3 aromatic carbocycles. The first-order valence-corrected chi connectivity index (χ1v) is 9.56. The molecule has 0 bridgehead atoms. The van der Waals surface area contributed by atoms with Crippen molar-refractivity contribution in [1.29, 1.82) is 0 Å². The molecule has 0 fully saturated rings. The van der Waals surface area contributed by atoms with Crippen molar-refractivity contribution in [1.82, 2.24) is 10.2 Å². The Labute approximate surface area is 173 Å². The van der Waals surface area contributed by atoms with Gasteiger partial charge in [0.05, 0.1) is 0 Å². The Hall–Kier alpha value is -3.18. The van der Waals surface area contributed by atoms with Crippen LogP contribution in [0.25, 0.3) is 11.5 Å². The van der Waals surface area contributed by atoms with E-state index in [1.165, 1.54) is 12.1 Å². The molecule has 29 heavy (non-hydrogen) atoms. The number of rotatable bonds is 5. The van der Waals surface area contributed by atoms with Crippen LogP contribution in [-0.2, 0) is 0 Å². The Balaban J connectivity index is 1.78. The van der Waals surface area contributed by atoms with Gasteiger partial charge in [0.15, 0.2) is 0 Å². The molecule has 0 radical (unpaired) electrons. The molecule has 0 aliphatic carbocycles. The van der Waals surface area contributed by atoms with E-state index in [1.54, 1.807) is 6.07 Å². The molecule has 4 nitrogen and oxygen atoms in total. The summed E-state index contributed by atoms with van der Waals surface area (Å²) in [5.41, 5.74) is 4.55. The monoisotopic (exact) mass is 407 g/mol. The molecule has 0 saturated carbocycles. The molecule has 146 valence electrons. The summed E-state index contributed by atoms with van der Waals surface area (Å²) >= 11 is 6.37. The van der Waals surface area contributed by atoms with E-state index in [1.807, 2.05) is 62.4 Å². The molecule has 1 atom stereocenters. The number of hydrogen-bond acceptors (Lipinski definition) is 4. The van der Waals surface area contributed by atoms with Crippen LogP contribution in [0.1, 0.15) is 28.6 Å². The molecule has 4 rings (SSSR count). The van der Waals surface area contributed by atoms with Crippen LogP contribution < -0.4 is 5.32 Å². The number of anilines is 1. The molecule has 0 unspecified atom stereocenters. The molecular weight excluding hydrogens is 389 g/mol. The summed E-state index contributed by atoms with van der Waals surface area (Å²) in [6.07, 6.45) is 0. The maximum Gasteiger partial charge on any atom is 0.247 e. The maximum absolute atomic E-state index is 13.6. The third-order valence-electron chi connectivity index (χ3n) is 4.67. The van der Waals surface area contributed by atoms with Crippen molar-refractivity contribution in [3.8, 4) is 11.5 Å². The first-order valence-electron chi connectivity index (χ1n) is 9.19. The lowest BCUT2D eigenvalue weighted by Crippen LogP contribution is -2.14. The predicted molar refractivity (Wildman–Crippen MR) is 113 cm³/mol. The predicted octanol–water partition coefficient (Wildman–Crippen LogP) is 6.35. The number of hydrogen-bond donors (Lipinski definition) is 1. The second kappa shape index (κ2) is 8.05. The Morgan fingerprint density at radius 2 is 1.76 bits per heavy atom. The summed E-state index contributed by atoms with van der Waals surface area (Å²) in [6, 6.07) is 19.4. The molecule has 0 saturated heterocycles. The number of aryl methyl sites for hydroxylation is 2. The lowest BCUT2D eigenvalue weighted by atomic mass is 10.0. The molecule has 1 aromatic heterocycles. The zero-order valence-electron chi connectivity index (χ0n) is 16.0. The fourth-order valence-corrected chi connectivity index (χ4v) is 3.38. The third kappa shape index (κ3) is 4.15. The average molecular weight is 408 g/mol. The normalized spacial score (nSPS) is 12.0. The lowest BCUT2D eigenvalue weighted by molar-refractivity contribution is 0.493. The van der Waals surface area contributed by atoms with Gasteiger partial charge in [-0.2, -0.15) is 0 Å². The van der Waals surface area contributed by atoms with Crippen LogP contribution in [0.15, 0.2) is 71.1 Å². The van der Waals surface area contributed by atoms with Gasteiger partial charge in [-0.25, -0.2) is 4.39 Å². The van der Waals surface area contributed by atoms with Gasteiger partial charge < -0.3 is 9.73 Å². The highest BCUT2D eigenvalue weighted by molar-refractivity contribution is 6.31. The van der Waals surface area contributed by atoms with Crippen molar-refractivity contribution in [2.75, 3.05) is 5.32 Å². The van der Waals surface area contributed by atoms with E-state index < -0.39 is 11.9 Å². The molecule has 4 aromatic rings. The lowest BCUT2D eigenvalue weighted by Gasteiger charge is -2.20. The van der Waals surface area contributed by atoms with Gasteiger partial charge in [0.2, 0.25) is 11.8 Å². The zero-order chi connectivity index (χ0) is 20.4. The number of nitrogens with zero attached hydrogens (tertiary/aromatic N) is 2. The van der Waals surface area contributed by atoms with Gasteiger partial charge in [0.1, 0.15) is 11.9 Å². The van der Waals surface area contributed by atoms with Crippen LogP contribution in [0.3, 0.4) is 0 Å². The maximum atomic E-state index is 13.6. The summed E-state index contributed by atoms with van der Waals surface area (Å²) in [5, 5.41) is 12.2. The van der Waals surface area contributed by atoms with Crippen molar-refractivity contribution in [3.05, 3.63) is 100 Å². The van der Waals surface area contributed by atoms with Gasteiger partial charge in [-0.15, -0.1) is 10.2 Å². The standard InChI is InChI=1S/C23H19ClFN3O/c1-14-8-9-15(2)20(12-14)26-21(18-11-10-17(25)13-19(18)24)23-28-27-22(29-23)16-6-4-3-5-7-16/h3-13,21,26H,1-2H3/t21-/m0/s1. The molecule has 0 aliphatic rings. The van der Waals surface area contributed by atoms with E-state index >= 15 is 0 Å². The first kappa shape index (κ1) is 19.2. The van der Waals surface area contributed by atoms with Crippen LogP contribution in [0.4, 0.5) is 10.1 Å². The molecule has 0 amide bonds. The van der Waals surface area contributed by atoms with E-state index in [-0.39, 0.29) is 5.02 Å². The Morgan fingerprint density at radius 1 is 0.966 bits per heavy atom. The van der Waals surface area contributed by atoms with Crippen LogP contribution in [0.2, 0.25) is 5.02 Å². The van der Waals surface area contributed by atoms with E-state index in [4.69, 9.17) is 16.0 Å². The third-order valence-corrected chi connectivity index (χ3v) is 5.00. The van der Waals surface area contributed by atoms with E-state index in [0.29, 0.717) is 17.3 Å². The van der Waals surface area contributed by atoms with Gasteiger partial charge in [-0.3, -0.25) is 0 Å². The highest BCUT2D eigenvalue weighted by atomic mass is 35.5. The molecule has 0 aliphatic heterocycles. The average Bonchev–Trinajstić information content (AvgIpc) is 3.20. The fraction of sp³-hybridized carbons (Fsp3) is 0.130. The number of benzene rings is 3. The van der Waals surface area contributed by atoms with Crippen molar-refractivity contribution < 1.29 is 8.81 Å². The van der Waals surface area contributed by atoms with Crippen molar-refractivity contribution in [2.45, 2.75) is 19.9 Å². The van der Waals surface area contributed by atoms with Gasteiger partial charge in [0, 0.05) is 21.8 Å². The Morgan fingerprint density at radius 3 is 2.52 bits per heavy atom. The quantitative estimate of drug-likeness (QED) is 0.419. The number of nitrogens with one attached hydrogen (secondary N) is 1. The number of aromatic nitrogens is 2. The summed E-state index contributed by atoms with van der Waals surface area (Å²) < 4.78 is 19.6. The van der Waals surface area contributed by atoms with E-state index in [0.717, 1.165) is 22.4 Å². The Kier molecular flexibility index (Phi) is 5.32. The Bertz CT molecular complexity index is 1140. The van der Waals surface area contributed by atoms with Crippen LogP contribution in [-0.4, -0.2) is 10.2 Å². The minimum absolute atomic E-state index is 0.285. The molecular formula is C23H19ClFN3O. The minimum Gasteiger partial charge on any atom is -0.418 e. The van der Waals surface area contributed by atoms with Gasteiger partial charge in [0.25, 0.3) is 0 Å². The summed E-state index contributed by atoms with van der Waals surface area (Å²) in [6.45, 7) is 4.03. The highest BCUT2D eigenvalue weighted by Crippen LogP contribution is 2.33. The molecule has 1 N–H and O–H groups in total. The van der Waals surface area contributed by atoms with Crippen LogP contribution in [0, 0.1) is 19.7 Å². The first-order chi connectivity index (χ1) is 14.0. The largest absolute Gasteiger partial charge is 0.418 e. The molecule has 1 heterocycles.